The third kappa shape index (κ3) is 8.91. The molecule has 0 spiro atoms. The fourth-order valence-electron chi connectivity index (χ4n) is 2.58. The molecule has 1 rings (SSSR count). The minimum absolute atomic E-state index is 0.0636. The summed E-state index contributed by atoms with van der Waals surface area (Å²) >= 11 is 0. The molecule has 0 heterocycles. The lowest BCUT2D eigenvalue weighted by molar-refractivity contribution is -0.155. The Hall–Kier alpha value is -1.57. The Labute approximate surface area is 151 Å². The van der Waals surface area contributed by atoms with Crippen LogP contribution < -0.4 is 10.5 Å². The summed E-state index contributed by atoms with van der Waals surface area (Å²) in [4.78, 5) is 12.2. The maximum Gasteiger partial charge on any atom is 0.373 e. The molecule has 7 heteroatoms. The molecule has 4 N–H and O–H groups in total. The summed E-state index contributed by atoms with van der Waals surface area (Å²) in [5, 5.41) is 24.8. The molecule has 0 radical (unpaired) electrons. The molecule has 0 aliphatic carbocycles. The number of nitrogens with one attached hydrogen (secondary N) is 2. The van der Waals surface area contributed by atoms with Gasteiger partial charge >= 0.3 is 13.0 Å². The molecule has 0 amide bonds. The summed E-state index contributed by atoms with van der Waals surface area (Å²) in [6.07, 6.45) is 0.764. The van der Waals surface area contributed by atoms with E-state index in [1.807, 2.05) is 45.9 Å². The van der Waals surface area contributed by atoms with Crippen molar-refractivity contribution in [2.24, 2.45) is 0 Å². The number of aliphatic hydroxyl groups excluding tert-OH is 1. The van der Waals surface area contributed by atoms with Crippen LogP contribution in [0.3, 0.4) is 0 Å². The molecule has 0 bridgehead atoms. The van der Waals surface area contributed by atoms with Gasteiger partial charge in [-0.1, -0.05) is 6.07 Å². The Morgan fingerprint density at radius 2 is 2.04 bits per heavy atom. The third-order valence-corrected chi connectivity index (χ3v) is 3.57. The van der Waals surface area contributed by atoms with Gasteiger partial charge in [-0.15, -0.1) is 0 Å². The molecule has 1 atom stereocenters. The van der Waals surface area contributed by atoms with Crippen molar-refractivity contribution in [1.82, 2.24) is 5.23 Å². The first-order valence-corrected chi connectivity index (χ1v) is 8.71. The Morgan fingerprint density at radius 3 is 2.60 bits per heavy atom. The average Bonchev–Trinajstić information content (AvgIpc) is 2.45. The van der Waals surface area contributed by atoms with Gasteiger partial charge in [0.1, 0.15) is 5.60 Å². The van der Waals surface area contributed by atoms with Crippen molar-refractivity contribution in [2.45, 2.75) is 59.0 Å². The maximum absolute atomic E-state index is 12.2. The molecule has 0 saturated heterocycles. The quantitative estimate of drug-likeness (QED) is 0.401. The monoisotopic (exact) mass is 350 g/mol. The molecule has 0 unspecified atom stereocenters. The van der Waals surface area contributed by atoms with Crippen molar-refractivity contribution < 1.29 is 19.7 Å². The van der Waals surface area contributed by atoms with Crippen molar-refractivity contribution in [3.63, 3.8) is 0 Å². The van der Waals surface area contributed by atoms with Crippen LogP contribution >= 0.6 is 0 Å². The highest BCUT2D eigenvalue weighted by Crippen LogP contribution is 2.19. The van der Waals surface area contributed by atoms with Gasteiger partial charge in [-0.3, -0.25) is 4.79 Å². The first-order chi connectivity index (χ1) is 11.6. The van der Waals surface area contributed by atoms with Crippen LogP contribution in [0, 0.1) is 6.92 Å². The first-order valence-electron chi connectivity index (χ1n) is 8.71. The van der Waals surface area contributed by atoms with Crippen LogP contribution in [0.5, 0.6) is 0 Å². The zero-order valence-corrected chi connectivity index (χ0v) is 15.9. The normalized spacial score (nSPS) is 12.6. The highest BCUT2D eigenvalue weighted by atomic mass is 16.6. The second-order valence-electron chi connectivity index (χ2n) is 7.33. The average molecular weight is 350 g/mol. The molecule has 0 aromatic heterocycles. The molecule has 0 saturated carbocycles. The van der Waals surface area contributed by atoms with E-state index in [0.717, 1.165) is 16.8 Å². The Kier molecular flexibility index (Phi) is 8.42. The molecule has 1 aromatic rings. The van der Waals surface area contributed by atoms with Crippen molar-refractivity contribution in [1.29, 1.82) is 0 Å². The molecule has 0 fully saturated rings. The van der Waals surface area contributed by atoms with Crippen molar-refractivity contribution in [3.05, 3.63) is 29.3 Å². The smallest absolute Gasteiger partial charge is 0.373 e. The highest BCUT2D eigenvalue weighted by Gasteiger charge is 2.23. The van der Waals surface area contributed by atoms with E-state index in [1.165, 1.54) is 0 Å². The van der Waals surface area contributed by atoms with Gasteiger partial charge < -0.3 is 25.4 Å². The third-order valence-electron chi connectivity index (χ3n) is 3.57. The zero-order chi connectivity index (χ0) is 19.0. The summed E-state index contributed by atoms with van der Waals surface area (Å²) < 4.78 is 5.39. The minimum atomic E-state index is -0.719. The van der Waals surface area contributed by atoms with Gasteiger partial charge in [-0.05, 0) is 64.2 Å². The fraction of sp³-hybridized carbons (Fsp3) is 0.611. The molecule has 0 aliphatic heterocycles. The number of ether oxygens (including phenoxy) is 1. The van der Waals surface area contributed by atoms with E-state index in [2.05, 4.69) is 10.5 Å². The molecular formula is C18H31BN2O4. The predicted octanol–water partition coefficient (Wildman–Crippen LogP) is 1.74. The molecule has 6 nitrogen and oxygen atoms in total. The number of aliphatic hydroxyl groups is 1. The van der Waals surface area contributed by atoms with Crippen LogP contribution in [0.25, 0.3) is 0 Å². The lowest BCUT2D eigenvalue weighted by Crippen LogP contribution is -2.43. The van der Waals surface area contributed by atoms with E-state index in [-0.39, 0.29) is 25.0 Å². The van der Waals surface area contributed by atoms with Gasteiger partial charge in [0, 0.05) is 18.3 Å². The standard InChI is InChI=1S/C18H31BN2O4/c1-13-6-7-15(20-8-9-22)10-14(13)11-16(21-19(5)24)12-17(23)25-18(2,3)4/h6-7,10,16,20-22,24H,8-9,11-12H2,1-5H3/t16-/m0/s1. The van der Waals surface area contributed by atoms with Gasteiger partial charge in [0.15, 0.2) is 0 Å². The van der Waals surface area contributed by atoms with E-state index in [0.29, 0.717) is 13.0 Å². The topological polar surface area (TPSA) is 90.8 Å². The fourth-order valence-corrected chi connectivity index (χ4v) is 2.58. The molecule has 1 aromatic carbocycles. The number of esters is 1. The maximum atomic E-state index is 12.2. The summed E-state index contributed by atoms with van der Waals surface area (Å²) in [7, 11) is -0.719. The van der Waals surface area contributed by atoms with Crippen LogP contribution in [0.1, 0.15) is 38.3 Å². The van der Waals surface area contributed by atoms with Crippen molar-refractivity contribution in [2.75, 3.05) is 18.5 Å². The second kappa shape index (κ2) is 9.80. The summed E-state index contributed by atoms with van der Waals surface area (Å²) in [6.45, 7) is 9.70. The lowest BCUT2D eigenvalue weighted by Gasteiger charge is -2.24. The summed E-state index contributed by atoms with van der Waals surface area (Å²) in [5.74, 6) is -0.294. The molecule has 0 aliphatic rings. The van der Waals surface area contributed by atoms with E-state index in [4.69, 9.17) is 9.84 Å². The van der Waals surface area contributed by atoms with Crippen molar-refractivity contribution in [3.8, 4) is 0 Å². The van der Waals surface area contributed by atoms with Gasteiger partial charge in [-0.2, -0.15) is 0 Å². The number of hydrogen-bond acceptors (Lipinski definition) is 6. The van der Waals surface area contributed by atoms with Crippen LogP contribution in [-0.2, 0) is 16.0 Å². The van der Waals surface area contributed by atoms with Crippen LogP contribution in [0.2, 0.25) is 6.82 Å². The largest absolute Gasteiger partial charge is 0.460 e. The Balaban J connectivity index is 2.85. The predicted molar refractivity (Wildman–Crippen MR) is 102 cm³/mol. The number of hydrogen-bond donors (Lipinski definition) is 4. The first kappa shape index (κ1) is 21.5. The van der Waals surface area contributed by atoms with Crippen LogP contribution in [0.4, 0.5) is 5.69 Å². The Morgan fingerprint density at radius 1 is 1.36 bits per heavy atom. The lowest BCUT2D eigenvalue weighted by atomic mass is 9.85. The minimum Gasteiger partial charge on any atom is -0.460 e. The van der Waals surface area contributed by atoms with Crippen molar-refractivity contribution >= 4 is 18.7 Å². The van der Waals surface area contributed by atoms with Gasteiger partial charge in [0.2, 0.25) is 0 Å². The molecular weight excluding hydrogens is 319 g/mol. The van der Waals surface area contributed by atoms with Gasteiger partial charge in [-0.25, -0.2) is 0 Å². The highest BCUT2D eigenvalue weighted by molar-refractivity contribution is 6.45. The molecule has 140 valence electrons. The number of carbonyl (C=O) groups is 1. The van der Waals surface area contributed by atoms with E-state index in [1.54, 1.807) is 6.82 Å². The van der Waals surface area contributed by atoms with E-state index < -0.39 is 12.7 Å². The summed E-state index contributed by atoms with van der Waals surface area (Å²) in [6, 6.07) is 5.74. The summed E-state index contributed by atoms with van der Waals surface area (Å²) in [5.41, 5.74) is 2.57. The van der Waals surface area contributed by atoms with Crippen LogP contribution in [-0.4, -0.2) is 47.9 Å². The van der Waals surface area contributed by atoms with E-state index >= 15 is 0 Å². The van der Waals surface area contributed by atoms with Gasteiger partial charge in [0.05, 0.1) is 13.0 Å². The van der Waals surface area contributed by atoms with E-state index in [9.17, 15) is 9.82 Å². The van der Waals surface area contributed by atoms with Gasteiger partial charge in [0.25, 0.3) is 0 Å². The SMILES string of the molecule is CB(O)N[C@H](CC(=O)OC(C)(C)C)Cc1cc(NCCO)ccc1C. The zero-order valence-electron chi connectivity index (χ0n) is 15.9. The van der Waals surface area contributed by atoms with Crippen LogP contribution in [0.15, 0.2) is 18.2 Å². The Bertz CT molecular complexity index is 558. The number of aryl methyl sites for hydroxylation is 1. The number of carbonyl (C=O) groups excluding carboxylic acids is 1. The second-order valence-corrected chi connectivity index (χ2v) is 7.33. The number of benzene rings is 1. The number of anilines is 1. The molecule has 25 heavy (non-hydrogen) atoms. The number of rotatable bonds is 9.